The molecule has 1 aliphatic carbocycles. The van der Waals surface area contributed by atoms with Gasteiger partial charge in [0.15, 0.2) is 0 Å². The Bertz CT molecular complexity index is 481. The largest absolute Gasteiger partial charge is 0.377 e. The minimum Gasteiger partial charge on any atom is -0.377 e. The summed E-state index contributed by atoms with van der Waals surface area (Å²) in [4.78, 5) is 2.34. The Labute approximate surface area is 131 Å². The Morgan fingerprint density at radius 3 is 2.43 bits per heavy atom. The maximum absolute atomic E-state index is 6.17. The number of halogens is 1. The van der Waals surface area contributed by atoms with Gasteiger partial charge in [0.2, 0.25) is 0 Å². The van der Waals surface area contributed by atoms with Gasteiger partial charge in [-0.15, -0.1) is 0 Å². The number of ether oxygens (including phenoxy) is 2. The Kier molecular flexibility index (Phi) is 4.69. The number of hydrogen-bond acceptors (Lipinski definition) is 4. The summed E-state index contributed by atoms with van der Waals surface area (Å²) in [5, 5.41) is 4.36. The quantitative estimate of drug-likeness (QED) is 0.875. The monoisotopic (exact) mass is 310 g/mol. The molecule has 0 aromatic heterocycles. The van der Waals surface area contributed by atoms with Crippen LogP contribution in [0.3, 0.4) is 0 Å². The van der Waals surface area contributed by atoms with E-state index in [1.807, 2.05) is 6.07 Å². The van der Waals surface area contributed by atoms with Crippen LogP contribution in [-0.4, -0.2) is 45.6 Å². The van der Waals surface area contributed by atoms with Crippen molar-refractivity contribution in [2.45, 2.75) is 37.6 Å². The molecule has 1 N–H and O–H groups in total. The molecule has 21 heavy (non-hydrogen) atoms. The Morgan fingerprint density at radius 1 is 1.19 bits per heavy atom. The van der Waals surface area contributed by atoms with Gasteiger partial charge in [-0.25, -0.2) is 0 Å². The molecule has 0 amide bonds. The molecule has 1 saturated carbocycles. The first-order chi connectivity index (χ1) is 10.2. The van der Waals surface area contributed by atoms with Crippen LogP contribution >= 0.6 is 11.6 Å². The van der Waals surface area contributed by atoms with E-state index in [2.05, 4.69) is 22.3 Å². The normalized spacial score (nSPS) is 25.6. The van der Waals surface area contributed by atoms with E-state index in [1.54, 1.807) is 14.2 Å². The maximum Gasteiger partial charge on any atom is 0.102 e. The molecule has 2 unspecified atom stereocenters. The van der Waals surface area contributed by atoms with Crippen LogP contribution in [0.5, 0.6) is 0 Å². The summed E-state index contributed by atoms with van der Waals surface area (Å²) < 4.78 is 11.1. The highest BCUT2D eigenvalue weighted by Crippen LogP contribution is 2.30. The van der Waals surface area contributed by atoms with Crippen molar-refractivity contribution in [2.24, 2.45) is 0 Å². The van der Waals surface area contributed by atoms with Gasteiger partial charge in [-0.2, -0.15) is 0 Å². The highest BCUT2D eigenvalue weighted by atomic mass is 35.5. The summed E-state index contributed by atoms with van der Waals surface area (Å²) in [5.74, 6) is 0. The molecule has 1 heterocycles. The number of methoxy groups -OCH3 is 2. The van der Waals surface area contributed by atoms with E-state index in [0.29, 0.717) is 6.04 Å². The number of benzene rings is 1. The lowest BCUT2D eigenvalue weighted by Gasteiger charge is -2.22. The van der Waals surface area contributed by atoms with Gasteiger partial charge in [0.05, 0.1) is 0 Å². The third kappa shape index (κ3) is 3.51. The summed E-state index contributed by atoms with van der Waals surface area (Å²) >= 11 is 6.17. The van der Waals surface area contributed by atoms with E-state index in [9.17, 15) is 0 Å². The van der Waals surface area contributed by atoms with Gasteiger partial charge in [0, 0.05) is 50.6 Å². The number of nitrogens with zero attached hydrogens (tertiary/aromatic N) is 1. The molecule has 2 atom stereocenters. The van der Waals surface area contributed by atoms with Crippen molar-refractivity contribution in [3.63, 3.8) is 0 Å². The average Bonchev–Trinajstić information content (AvgIpc) is 3.23. The van der Waals surface area contributed by atoms with Crippen molar-refractivity contribution < 1.29 is 9.47 Å². The van der Waals surface area contributed by atoms with Crippen LogP contribution in [0.15, 0.2) is 18.2 Å². The molecule has 5 heteroatoms. The minimum atomic E-state index is 0.120. The molecular weight excluding hydrogens is 288 g/mol. The van der Waals surface area contributed by atoms with E-state index in [0.717, 1.165) is 24.7 Å². The summed E-state index contributed by atoms with van der Waals surface area (Å²) in [7, 11) is 3.50. The van der Waals surface area contributed by atoms with Crippen LogP contribution in [0.1, 0.15) is 18.4 Å². The van der Waals surface area contributed by atoms with Crippen LogP contribution in [0.2, 0.25) is 5.02 Å². The van der Waals surface area contributed by atoms with Gasteiger partial charge >= 0.3 is 0 Å². The fourth-order valence-corrected chi connectivity index (χ4v) is 3.13. The predicted octanol–water partition coefficient (Wildman–Crippen LogP) is 2.44. The fourth-order valence-electron chi connectivity index (χ4n) is 2.94. The molecule has 1 aromatic carbocycles. The van der Waals surface area contributed by atoms with Crippen LogP contribution in [-0.2, 0) is 16.0 Å². The van der Waals surface area contributed by atoms with Crippen molar-refractivity contribution in [1.29, 1.82) is 0 Å². The van der Waals surface area contributed by atoms with Crippen molar-refractivity contribution in [3.05, 3.63) is 28.8 Å². The topological polar surface area (TPSA) is 33.7 Å². The third-order valence-electron chi connectivity index (χ3n) is 4.36. The first-order valence-corrected chi connectivity index (χ1v) is 7.91. The molecule has 0 bridgehead atoms. The van der Waals surface area contributed by atoms with E-state index >= 15 is 0 Å². The van der Waals surface area contributed by atoms with Gasteiger partial charge in [0.1, 0.15) is 12.2 Å². The van der Waals surface area contributed by atoms with E-state index < -0.39 is 0 Å². The summed E-state index contributed by atoms with van der Waals surface area (Å²) in [6.07, 6.45) is 2.82. The maximum atomic E-state index is 6.17. The molecule has 1 saturated heterocycles. The van der Waals surface area contributed by atoms with Gasteiger partial charge in [-0.3, -0.25) is 0 Å². The molecule has 1 aromatic rings. The lowest BCUT2D eigenvalue weighted by molar-refractivity contribution is -0.00461. The second-order valence-electron chi connectivity index (χ2n) is 5.88. The predicted molar refractivity (Wildman–Crippen MR) is 85.1 cm³/mol. The second-order valence-corrected chi connectivity index (χ2v) is 6.32. The lowest BCUT2D eigenvalue weighted by atomic mass is 10.1. The van der Waals surface area contributed by atoms with Crippen LogP contribution in [0.25, 0.3) is 0 Å². The number of anilines is 1. The van der Waals surface area contributed by atoms with Crippen molar-refractivity contribution >= 4 is 17.3 Å². The molecule has 4 nitrogen and oxygen atoms in total. The Morgan fingerprint density at radius 2 is 1.86 bits per heavy atom. The van der Waals surface area contributed by atoms with Gasteiger partial charge in [-0.05, 0) is 36.6 Å². The Hall–Kier alpha value is -0.810. The van der Waals surface area contributed by atoms with Crippen LogP contribution in [0.4, 0.5) is 5.69 Å². The first kappa shape index (κ1) is 15.1. The summed E-state index contributed by atoms with van der Waals surface area (Å²) in [5.41, 5.74) is 2.48. The van der Waals surface area contributed by atoms with E-state index in [1.165, 1.54) is 24.1 Å². The molecule has 0 radical (unpaired) electrons. The van der Waals surface area contributed by atoms with Gasteiger partial charge < -0.3 is 19.7 Å². The minimum absolute atomic E-state index is 0.120. The van der Waals surface area contributed by atoms with E-state index in [4.69, 9.17) is 21.1 Å². The smallest absolute Gasteiger partial charge is 0.102 e. The molecular formula is C16H23ClN2O2. The third-order valence-corrected chi connectivity index (χ3v) is 4.60. The standard InChI is InChI=1S/C16H23ClN2O2/c1-20-15-9-19(10-16(15)21-2)14-6-3-12(17)7-11(14)8-18-13-4-5-13/h3,6-7,13,15-16,18H,4-5,8-10H2,1-2H3. The van der Waals surface area contributed by atoms with Crippen molar-refractivity contribution in [2.75, 3.05) is 32.2 Å². The highest BCUT2D eigenvalue weighted by molar-refractivity contribution is 6.30. The Balaban J connectivity index is 1.77. The molecule has 2 fully saturated rings. The molecule has 116 valence electrons. The van der Waals surface area contributed by atoms with Crippen LogP contribution in [0, 0.1) is 0 Å². The van der Waals surface area contributed by atoms with E-state index in [-0.39, 0.29) is 12.2 Å². The van der Waals surface area contributed by atoms with Crippen molar-refractivity contribution in [1.82, 2.24) is 5.32 Å². The summed E-state index contributed by atoms with van der Waals surface area (Å²) in [6, 6.07) is 6.82. The van der Waals surface area contributed by atoms with Crippen LogP contribution < -0.4 is 10.2 Å². The SMILES string of the molecule is COC1CN(c2ccc(Cl)cc2CNC2CC2)CC1OC. The zero-order chi connectivity index (χ0) is 14.8. The van der Waals surface area contributed by atoms with Gasteiger partial charge in [-0.1, -0.05) is 11.6 Å². The average molecular weight is 311 g/mol. The van der Waals surface area contributed by atoms with Crippen molar-refractivity contribution in [3.8, 4) is 0 Å². The molecule has 1 aliphatic heterocycles. The fraction of sp³-hybridized carbons (Fsp3) is 0.625. The first-order valence-electron chi connectivity index (χ1n) is 7.53. The second kappa shape index (κ2) is 6.53. The number of nitrogens with one attached hydrogen (secondary N) is 1. The lowest BCUT2D eigenvalue weighted by Crippen LogP contribution is -2.27. The zero-order valence-corrected chi connectivity index (χ0v) is 13.4. The molecule has 0 spiro atoms. The summed E-state index contributed by atoms with van der Waals surface area (Å²) in [6.45, 7) is 2.58. The number of rotatable bonds is 6. The highest BCUT2D eigenvalue weighted by Gasteiger charge is 2.34. The number of hydrogen-bond donors (Lipinski definition) is 1. The molecule has 3 rings (SSSR count). The van der Waals surface area contributed by atoms with Gasteiger partial charge in [0.25, 0.3) is 0 Å². The zero-order valence-electron chi connectivity index (χ0n) is 12.6. The molecule has 2 aliphatic rings.